The first-order valence-electron chi connectivity index (χ1n) is 10.7. The monoisotopic (exact) mass is 449 g/mol. The van der Waals surface area contributed by atoms with Gasteiger partial charge >= 0.3 is 11.8 Å². The van der Waals surface area contributed by atoms with Gasteiger partial charge in [0.2, 0.25) is 0 Å². The van der Waals surface area contributed by atoms with Crippen molar-refractivity contribution >= 4 is 23.2 Å². The number of rotatable bonds is 7. The predicted octanol–water partition coefficient (Wildman–Crippen LogP) is 3.29. The van der Waals surface area contributed by atoms with Gasteiger partial charge in [0.1, 0.15) is 5.75 Å². The molecule has 7 heteroatoms. The minimum absolute atomic E-state index is 0.0293. The maximum absolute atomic E-state index is 12.5. The van der Waals surface area contributed by atoms with Gasteiger partial charge in [0.25, 0.3) is 0 Å². The van der Waals surface area contributed by atoms with E-state index < -0.39 is 11.8 Å². The molecule has 0 aliphatic carbocycles. The molecule has 3 aromatic rings. The first-order chi connectivity index (χ1) is 15.6. The van der Waals surface area contributed by atoms with Gasteiger partial charge in [-0.1, -0.05) is 42.5 Å². The van der Waals surface area contributed by atoms with Crippen molar-refractivity contribution in [3.8, 4) is 5.75 Å². The molecule has 1 atom stereocenters. The average molecular weight is 450 g/mol. The summed E-state index contributed by atoms with van der Waals surface area (Å²) in [6, 6.07) is 20.0. The van der Waals surface area contributed by atoms with E-state index in [4.69, 9.17) is 4.74 Å². The molecular weight excluding hydrogens is 422 g/mol. The third-order valence-corrected chi connectivity index (χ3v) is 6.72. The highest BCUT2D eigenvalue weighted by Crippen LogP contribution is 2.30. The summed E-state index contributed by atoms with van der Waals surface area (Å²) in [6.45, 7) is 2.42. The highest BCUT2D eigenvalue weighted by Gasteiger charge is 2.26. The first-order valence-corrected chi connectivity index (χ1v) is 11.5. The van der Waals surface area contributed by atoms with E-state index in [0.717, 1.165) is 30.8 Å². The quantitative estimate of drug-likeness (QED) is 0.543. The zero-order valence-corrected chi connectivity index (χ0v) is 18.9. The second-order valence-electron chi connectivity index (χ2n) is 7.76. The zero-order valence-electron chi connectivity index (χ0n) is 18.0. The van der Waals surface area contributed by atoms with Gasteiger partial charge in [0.05, 0.1) is 13.2 Å². The molecule has 0 radical (unpaired) electrons. The Kier molecular flexibility index (Phi) is 7.19. The van der Waals surface area contributed by atoms with Gasteiger partial charge in [-0.3, -0.25) is 14.5 Å². The van der Waals surface area contributed by atoms with E-state index in [1.807, 2.05) is 35.7 Å². The number of ether oxygens (including phenoxy) is 1. The molecule has 2 heterocycles. The Labute approximate surface area is 192 Å². The Balaban J connectivity index is 1.34. The Morgan fingerprint density at radius 2 is 1.75 bits per heavy atom. The van der Waals surface area contributed by atoms with Crippen LogP contribution in [0.2, 0.25) is 0 Å². The number of methoxy groups -OCH3 is 1. The molecule has 0 saturated heterocycles. The Bertz CT molecular complexity index is 1050. The van der Waals surface area contributed by atoms with Crippen LogP contribution in [0, 0.1) is 0 Å². The summed E-state index contributed by atoms with van der Waals surface area (Å²) in [5, 5.41) is 7.57. The third-order valence-electron chi connectivity index (χ3n) is 5.75. The van der Waals surface area contributed by atoms with Gasteiger partial charge in [-0.15, -0.1) is 11.3 Å². The van der Waals surface area contributed by atoms with Crippen LogP contribution in [0.15, 0.2) is 66.0 Å². The van der Waals surface area contributed by atoms with Crippen LogP contribution in [0.3, 0.4) is 0 Å². The maximum Gasteiger partial charge on any atom is 0.309 e. The molecule has 2 aromatic carbocycles. The predicted molar refractivity (Wildman–Crippen MR) is 125 cm³/mol. The second-order valence-corrected chi connectivity index (χ2v) is 8.74. The number of nitrogens with one attached hydrogen (secondary N) is 2. The number of carbonyl (C=O) groups excluding carboxylic acids is 2. The lowest BCUT2D eigenvalue weighted by atomic mass is 9.98. The molecule has 166 valence electrons. The molecule has 0 bridgehead atoms. The van der Waals surface area contributed by atoms with Crippen LogP contribution < -0.4 is 15.4 Å². The smallest absolute Gasteiger partial charge is 0.309 e. The molecule has 2 amide bonds. The maximum atomic E-state index is 12.5. The van der Waals surface area contributed by atoms with Gasteiger partial charge in [-0.05, 0) is 46.7 Å². The molecule has 0 saturated carbocycles. The summed E-state index contributed by atoms with van der Waals surface area (Å²) in [7, 11) is 1.60. The van der Waals surface area contributed by atoms with Crippen molar-refractivity contribution in [1.82, 2.24) is 15.5 Å². The lowest BCUT2D eigenvalue weighted by Gasteiger charge is -2.35. The number of thiophene rings is 1. The van der Waals surface area contributed by atoms with E-state index in [1.165, 1.54) is 16.0 Å². The fourth-order valence-corrected chi connectivity index (χ4v) is 4.81. The number of fused-ring (bicyclic) bond motifs is 1. The zero-order chi connectivity index (χ0) is 22.3. The molecule has 1 aliphatic rings. The van der Waals surface area contributed by atoms with Gasteiger partial charge in [-0.2, -0.15) is 0 Å². The molecule has 2 N–H and O–H groups in total. The molecule has 32 heavy (non-hydrogen) atoms. The minimum atomic E-state index is -0.630. The summed E-state index contributed by atoms with van der Waals surface area (Å²) in [5.74, 6) is -0.495. The van der Waals surface area contributed by atoms with Crippen LogP contribution in [0.5, 0.6) is 5.75 Å². The van der Waals surface area contributed by atoms with E-state index in [2.05, 4.69) is 45.9 Å². The van der Waals surface area contributed by atoms with Crippen LogP contribution >= 0.6 is 11.3 Å². The highest BCUT2D eigenvalue weighted by molar-refractivity contribution is 7.10. The Hall–Kier alpha value is -3.16. The van der Waals surface area contributed by atoms with E-state index in [1.54, 1.807) is 18.4 Å². The molecule has 6 nitrogen and oxygen atoms in total. The SMILES string of the molecule is COc1ccc(CNC(=O)C(=O)NCC(c2cccs2)N2CCc3ccccc3C2)cc1. The van der Waals surface area contributed by atoms with Gasteiger partial charge in [0.15, 0.2) is 0 Å². The fourth-order valence-electron chi connectivity index (χ4n) is 3.95. The molecule has 0 fully saturated rings. The standard InChI is InChI=1S/C25H27N3O3S/c1-31-21-10-8-18(9-11-21)15-26-24(29)25(30)27-16-22(23-7-4-14-32-23)28-13-12-19-5-2-3-6-20(19)17-28/h2-11,14,22H,12-13,15-17H2,1H3,(H,26,29)(H,27,30). The van der Waals surface area contributed by atoms with E-state index in [9.17, 15) is 9.59 Å². The van der Waals surface area contributed by atoms with Crippen molar-refractivity contribution in [3.63, 3.8) is 0 Å². The van der Waals surface area contributed by atoms with Crippen LogP contribution in [0.4, 0.5) is 0 Å². The van der Waals surface area contributed by atoms with Crippen molar-refractivity contribution < 1.29 is 14.3 Å². The van der Waals surface area contributed by atoms with Crippen molar-refractivity contribution in [1.29, 1.82) is 0 Å². The second kappa shape index (κ2) is 10.4. The van der Waals surface area contributed by atoms with Crippen LogP contribution in [-0.4, -0.2) is 36.9 Å². The Morgan fingerprint density at radius 1 is 1.00 bits per heavy atom. The summed E-state index contributed by atoms with van der Waals surface area (Å²) < 4.78 is 5.13. The van der Waals surface area contributed by atoms with Crippen molar-refractivity contribution in [3.05, 3.63) is 87.6 Å². The molecule has 1 unspecified atom stereocenters. The fraction of sp³-hybridized carbons (Fsp3) is 0.280. The minimum Gasteiger partial charge on any atom is -0.497 e. The number of amides is 2. The van der Waals surface area contributed by atoms with E-state index in [-0.39, 0.29) is 12.6 Å². The number of nitrogens with zero attached hydrogens (tertiary/aromatic N) is 1. The third kappa shape index (κ3) is 5.36. The number of carbonyl (C=O) groups is 2. The molecule has 1 aromatic heterocycles. The molecule has 0 spiro atoms. The summed E-state index contributed by atoms with van der Waals surface area (Å²) >= 11 is 1.67. The highest BCUT2D eigenvalue weighted by atomic mass is 32.1. The topological polar surface area (TPSA) is 70.7 Å². The first kappa shape index (κ1) is 22.0. The lowest BCUT2D eigenvalue weighted by molar-refractivity contribution is -0.139. The molecule has 1 aliphatic heterocycles. The van der Waals surface area contributed by atoms with Crippen molar-refractivity contribution in [2.45, 2.75) is 25.6 Å². The molecular formula is C25H27N3O3S. The van der Waals surface area contributed by atoms with E-state index >= 15 is 0 Å². The van der Waals surface area contributed by atoms with Crippen molar-refractivity contribution in [2.75, 3.05) is 20.2 Å². The number of benzene rings is 2. The number of hydrogen-bond acceptors (Lipinski definition) is 5. The normalized spacial score (nSPS) is 14.3. The van der Waals surface area contributed by atoms with Gasteiger partial charge in [0, 0.05) is 31.1 Å². The lowest BCUT2D eigenvalue weighted by Crippen LogP contribution is -2.44. The van der Waals surface area contributed by atoms with Gasteiger partial charge < -0.3 is 15.4 Å². The van der Waals surface area contributed by atoms with Gasteiger partial charge in [-0.25, -0.2) is 0 Å². The number of hydrogen-bond donors (Lipinski definition) is 2. The Morgan fingerprint density at radius 3 is 2.47 bits per heavy atom. The van der Waals surface area contributed by atoms with Crippen molar-refractivity contribution in [2.24, 2.45) is 0 Å². The van der Waals surface area contributed by atoms with Crippen LogP contribution in [0.25, 0.3) is 0 Å². The van der Waals surface area contributed by atoms with E-state index in [0.29, 0.717) is 6.54 Å². The van der Waals surface area contributed by atoms with Crippen LogP contribution in [0.1, 0.15) is 27.6 Å². The summed E-state index contributed by atoms with van der Waals surface area (Å²) in [6.07, 6.45) is 0.980. The largest absolute Gasteiger partial charge is 0.497 e. The van der Waals surface area contributed by atoms with Crippen LogP contribution in [-0.2, 0) is 29.1 Å². The summed E-state index contributed by atoms with van der Waals surface area (Å²) in [4.78, 5) is 28.3. The average Bonchev–Trinajstić information content (AvgIpc) is 3.37. The summed E-state index contributed by atoms with van der Waals surface area (Å²) in [5.41, 5.74) is 3.61. The molecule has 4 rings (SSSR count).